The largest absolute Gasteiger partial charge is 0.454 e. The number of benzene rings is 2. The van der Waals surface area contributed by atoms with E-state index in [1.54, 1.807) is 11.4 Å². The summed E-state index contributed by atoms with van der Waals surface area (Å²) in [4.78, 5) is 27.9. The molecule has 0 aliphatic carbocycles. The zero-order valence-electron chi connectivity index (χ0n) is 14.9. The normalized spacial score (nSPS) is 12.0. The second-order valence-electron chi connectivity index (χ2n) is 6.06. The predicted molar refractivity (Wildman–Crippen MR) is 107 cm³/mol. The van der Waals surface area contributed by atoms with Gasteiger partial charge < -0.3 is 14.8 Å². The number of hydrogen-bond acceptors (Lipinski definition) is 6. The third-order valence-electron chi connectivity index (χ3n) is 3.98. The number of hydrogen-bond donors (Lipinski definition) is 2. The van der Waals surface area contributed by atoms with Gasteiger partial charge in [-0.25, -0.2) is 9.37 Å². The van der Waals surface area contributed by atoms with Crippen LogP contribution in [0.2, 0.25) is 5.02 Å². The average Bonchev–Trinajstić information content (AvgIpc) is 3.31. The van der Waals surface area contributed by atoms with E-state index in [2.05, 4.69) is 15.6 Å². The van der Waals surface area contributed by atoms with E-state index in [0.29, 0.717) is 28.0 Å². The van der Waals surface area contributed by atoms with Crippen LogP contribution in [0.25, 0.3) is 11.3 Å². The number of carbonyl (C=O) groups is 2. The molecule has 10 heteroatoms. The van der Waals surface area contributed by atoms with Crippen molar-refractivity contribution >= 4 is 45.6 Å². The fraction of sp³-hybridized carbons (Fsp3) is 0.105. The lowest BCUT2D eigenvalue weighted by Gasteiger charge is -2.06. The molecule has 2 heterocycles. The molecule has 2 amide bonds. The van der Waals surface area contributed by atoms with E-state index in [4.69, 9.17) is 21.1 Å². The Labute approximate surface area is 173 Å². The van der Waals surface area contributed by atoms with Crippen LogP contribution in [-0.2, 0) is 4.79 Å². The molecule has 2 N–H and O–H groups in total. The highest BCUT2D eigenvalue weighted by Gasteiger charge is 2.21. The minimum absolute atomic E-state index is 0.0439. The fourth-order valence-electron chi connectivity index (χ4n) is 2.73. The maximum absolute atomic E-state index is 14.4. The molecule has 148 valence electrons. The molecular weight excluding hydrogens is 421 g/mol. The molecule has 1 aliphatic rings. The first-order valence-corrected chi connectivity index (χ1v) is 9.60. The van der Waals surface area contributed by atoms with Crippen molar-refractivity contribution in [3.63, 3.8) is 0 Å². The predicted octanol–water partition coefficient (Wildman–Crippen LogP) is 4.54. The van der Waals surface area contributed by atoms with Gasteiger partial charge in [-0.1, -0.05) is 11.6 Å². The smallest absolute Gasteiger partial charge is 0.257 e. The number of thiazole rings is 1. The van der Waals surface area contributed by atoms with Crippen LogP contribution in [0.1, 0.15) is 17.3 Å². The Balaban J connectivity index is 1.52. The van der Waals surface area contributed by atoms with Gasteiger partial charge in [-0.3, -0.25) is 14.9 Å². The third-order valence-corrected chi connectivity index (χ3v) is 5.02. The van der Waals surface area contributed by atoms with Crippen molar-refractivity contribution in [3.05, 3.63) is 52.1 Å². The van der Waals surface area contributed by atoms with E-state index < -0.39 is 11.7 Å². The number of rotatable bonds is 4. The Bertz CT molecular complexity index is 1130. The summed E-state index contributed by atoms with van der Waals surface area (Å²) in [6, 6.07) is 7.30. The molecule has 4 rings (SSSR count). The van der Waals surface area contributed by atoms with E-state index in [-0.39, 0.29) is 28.8 Å². The lowest BCUT2D eigenvalue weighted by Crippen LogP contribution is -2.11. The first-order valence-electron chi connectivity index (χ1n) is 8.34. The Morgan fingerprint density at radius 1 is 1.21 bits per heavy atom. The van der Waals surface area contributed by atoms with Crippen LogP contribution in [0.3, 0.4) is 0 Å². The Hall–Kier alpha value is -3.17. The van der Waals surface area contributed by atoms with E-state index in [1.165, 1.54) is 31.2 Å². The molecule has 0 atom stereocenters. The highest BCUT2D eigenvalue weighted by molar-refractivity contribution is 7.14. The van der Waals surface area contributed by atoms with Crippen LogP contribution in [0.15, 0.2) is 35.7 Å². The van der Waals surface area contributed by atoms with Gasteiger partial charge in [-0.05, 0) is 30.3 Å². The van der Waals surface area contributed by atoms with Gasteiger partial charge >= 0.3 is 0 Å². The molecule has 0 fully saturated rings. The molecule has 0 radical (unpaired) electrons. The van der Waals surface area contributed by atoms with Crippen molar-refractivity contribution in [2.24, 2.45) is 0 Å². The van der Waals surface area contributed by atoms with E-state index in [0.717, 1.165) is 11.3 Å². The summed E-state index contributed by atoms with van der Waals surface area (Å²) in [6.07, 6.45) is 0. The fourth-order valence-corrected chi connectivity index (χ4v) is 3.70. The van der Waals surface area contributed by atoms with Crippen molar-refractivity contribution in [1.82, 2.24) is 4.98 Å². The summed E-state index contributed by atoms with van der Waals surface area (Å²) in [6.45, 7) is 1.39. The van der Waals surface area contributed by atoms with Gasteiger partial charge in [-0.2, -0.15) is 0 Å². The number of nitrogens with one attached hydrogen (secondary N) is 2. The van der Waals surface area contributed by atoms with Gasteiger partial charge in [0.25, 0.3) is 5.91 Å². The number of carbonyl (C=O) groups excluding carboxylic acids is 2. The topological polar surface area (TPSA) is 89.6 Å². The second kappa shape index (κ2) is 7.69. The Morgan fingerprint density at radius 2 is 2.03 bits per heavy atom. The van der Waals surface area contributed by atoms with Gasteiger partial charge in [0.05, 0.1) is 10.7 Å². The first-order chi connectivity index (χ1) is 13.9. The molecule has 7 nitrogen and oxygen atoms in total. The standard InChI is InChI=1S/C19H13ClFN3O4S/c1-9(25)22-11-2-3-12(14(21)6-11)15-7-29-19(23-15)24-18(26)10-4-13(20)17-16(5-10)27-8-28-17/h2-7H,8H2,1H3,(H,22,25)(H,23,24,26). The first kappa shape index (κ1) is 19.2. The monoisotopic (exact) mass is 433 g/mol. The van der Waals surface area contributed by atoms with Crippen molar-refractivity contribution in [1.29, 1.82) is 0 Å². The quantitative estimate of drug-likeness (QED) is 0.630. The molecule has 3 aromatic rings. The summed E-state index contributed by atoms with van der Waals surface area (Å²) in [5.74, 6) is -0.476. The average molecular weight is 434 g/mol. The molecule has 29 heavy (non-hydrogen) atoms. The summed E-state index contributed by atoms with van der Waals surface area (Å²) in [7, 11) is 0. The molecule has 1 aliphatic heterocycles. The molecule has 0 saturated carbocycles. The summed E-state index contributed by atoms with van der Waals surface area (Å²) < 4.78 is 24.9. The second-order valence-corrected chi connectivity index (χ2v) is 7.32. The number of ether oxygens (including phenoxy) is 2. The number of fused-ring (bicyclic) bond motifs is 1. The minimum Gasteiger partial charge on any atom is -0.454 e. The van der Waals surface area contributed by atoms with Crippen molar-refractivity contribution in [3.8, 4) is 22.8 Å². The van der Waals surface area contributed by atoms with Gasteiger partial charge in [-0.15, -0.1) is 11.3 Å². The zero-order chi connectivity index (χ0) is 20.5. The minimum atomic E-state index is -0.540. The Morgan fingerprint density at radius 3 is 2.79 bits per heavy atom. The van der Waals surface area contributed by atoms with E-state index >= 15 is 0 Å². The molecular formula is C19H13ClFN3O4S. The van der Waals surface area contributed by atoms with Crippen molar-refractivity contribution in [2.75, 3.05) is 17.4 Å². The zero-order valence-corrected chi connectivity index (χ0v) is 16.5. The van der Waals surface area contributed by atoms with Gasteiger partial charge in [0.2, 0.25) is 12.7 Å². The number of halogens is 2. The number of amides is 2. The van der Waals surface area contributed by atoms with Crippen LogP contribution in [0.5, 0.6) is 11.5 Å². The SMILES string of the molecule is CC(=O)Nc1ccc(-c2csc(NC(=O)c3cc(Cl)c4c(c3)OCO4)n2)c(F)c1. The number of anilines is 2. The number of aromatic nitrogens is 1. The lowest BCUT2D eigenvalue weighted by atomic mass is 10.1. The maximum Gasteiger partial charge on any atom is 0.257 e. The van der Waals surface area contributed by atoms with Crippen LogP contribution in [-0.4, -0.2) is 23.6 Å². The summed E-state index contributed by atoms with van der Waals surface area (Å²) >= 11 is 7.25. The molecule has 0 unspecified atom stereocenters. The molecule has 0 saturated heterocycles. The molecule has 0 bridgehead atoms. The highest BCUT2D eigenvalue weighted by atomic mass is 35.5. The van der Waals surface area contributed by atoms with Gasteiger partial charge in [0.1, 0.15) is 5.82 Å². The highest BCUT2D eigenvalue weighted by Crippen LogP contribution is 2.40. The van der Waals surface area contributed by atoms with Crippen LogP contribution in [0, 0.1) is 5.82 Å². The lowest BCUT2D eigenvalue weighted by molar-refractivity contribution is -0.114. The van der Waals surface area contributed by atoms with Crippen LogP contribution >= 0.6 is 22.9 Å². The molecule has 1 aromatic heterocycles. The number of nitrogens with zero attached hydrogens (tertiary/aromatic N) is 1. The van der Waals surface area contributed by atoms with Crippen molar-refractivity contribution in [2.45, 2.75) is 6.92 Å². The summed E-state index contributed by atoms with van der Waals surface area (Å²) in [5.41, 5.74) is 1.24. The Kier molecular flexibility index (Phi) is 5.08. The van der Waals surface area contributed by atoms with Gasteiger partial charge in [0, 0.05) is 29.1 Å². The van der Waals surface area contributed by atoms with E-state index in [9.17, 15) is 14.0 Å². The third kappa shape index (κ3) is 4.01. The van der Waals surface area contributed by atoms with E-state index in [1.807, 2.05) is 0 Å². The summed E-state index contributed by atoms with van der Waals surface area (Å²) in [5, 5.41) is 7.36. The van der Waals surface area contributed by atoms with Crippen LogP contribution in [0.4, 0.5) is 15.2 Å². The maximum atomic E-state index is 14.4. The molecule has 2 aromatic carbocycles. The van der Waals surface area contributed by atoms with Crippen LogP contribution < -0.4 is 20.1 Å². The molecule has 0 spiro atoms. The van der Waals surface area contributed by atoms with Gasteiger partial charge in [0.15, 0.2) is 16.6 Å². The van der Waals surface area contributed by atoms with Crippen molar-refractivity contribution < 1.29 is 23.5 Å².